The molecule has 4 aromatic rings. The summed E-state index contributed by atoms with van der Waals surface area (Å²) in [6.45, 7) is 0.597. The number of thiazole rings is 1. The predicted octanol–water partition coefficient (Wildman–Crippen LogP) is 3.89. The van der Waals surface area contributed by atoms with Gasteiger partial charge in [0.15, 0.2) is 10.7 Å². The average Bonchev–Trinajstić information content (AvgIpc) is 3.25. The Balaban J connectivity index is 1.99. The van der Waals surface area contributed by atoms with Gasteiger partial charge in [0.05, 0.1) is 16.8 Å². The number of furan rings is 1. The van der Waals surface area contributed by atoms with E-state index in [-0.39, 0.29) is 0 Å². The van der Waals surface area contributed by atoms with Crippen LogP contribution in [-0.2, 0) is 6.42 Å². The van der Waals surface area contributed by atoms with Crippen LogP contribution < -0.4 is 5.73 Å². The summed E-state index contributed by atoms with van der Waals surface area (Å²) in [6, 6.07) is 8.02. The van der Waals surface area contributed by atoms with Gasteiger partial charge in [0, 0.05) is 11.8 Å². The van der Waals surface area contributed by atoms with Gasteiger partial charge in [0.1, 0.15) is 11.4 Å². The van der Waals surface area contributed by atoms with Crippen LogP contribution in [0.1, 0.15) is 5.69 Å². The molecular weight excluding hydrogens is 302 g/mol. The van der Waals surface area contributed by atoms with Gasteiger partial charge in [0.2, 0.25) is 0 Å². The molecule has 0 saturated carbocycles. The minimum Gasteiger partial charge on any atom is -0.463 e. The quantitative estimate of drug-likeness (QED) is 0.621. The molecule has 0 atom stereocenters. The number of nitrogens with two attached hydrogens (primary N) is 1. The van der Waals surface area contributed by atoms with Gasteiger partial charge in [-0.2, -0.15) is 0 Å². The summed E-state index contributed by atoms with van der Waals surface area (Å²) in [5, 5.41) is 4.15. The molecule has 0 aliphatic rings. The first-order valence-electron chi connectivity index (χ1n) is 6.65. The highest BCUT2D eigenvalue weighted by atomic mass is 32.1. The second-order valence-electron chi connectivity index (χ2n) is 4.64. The van der Waals surface area contributed by atoms with E-state index in [1.54, 1.807) is 28.9 Å². The minimum absolute atomic E-state index is 0.597. The van der Waals surface area contributed by atoms with Gasteiger partial charge in [-0.1, -0.05) is 6.07 Å². The van der Waals surface area contributed by atoms with Crippen molar-refractivity contribution in [3.8, 4) is 22.0 Å². The molecule has 0 aliphatic carbocycles. The molecule has 4 rings (SSSR count). The Hall–Kier alpha value is -1.89. The molecule has 4 nitrogen and oxygen atoms in total. The van der Waals surface area contributed by atoms with E-state index in [0.717, 1.165) is 34.2 Å². The lowest BCUT2D eigenvalue weighted by atomic mass is 10.2. The van der Waals surface area contributed by atoms with Crippen LogP contribution in [0.4, 0.5) is 0 Å². The Morgan fingerprint density at radius 3 is 2.90 bits per heavy atom. The molecular formula is C15H13N3OS2. The number of rotatable bonds is 4. The number of aromatic nitrogens is 2. The summed E-state index contributed by atoms with van der Waals surface area (Å²) in [5.74, 6) is 0.856. The van der Waals surface area contributed by atoms with Crippen molar-refractivity contribution in [3.05, 3.63) is 47.0 Å². The summed E-state index contributed by atoms with van der Waals surface area (Å²) >= 11 is 3.33. The molecule has 6 heteroatoms. The molecule has 106 valence electrons. The molecule has 0 aliphatic heterocycles. The van der Waals surface area contributed by atoms with Crippen molar-refractivity contribution >= 4 is 27.6 Å². The van der Waals surface area contributed by atoms with Gasteiger partial charge >= 0.3 is 0 Å². The van der Waals surface area contributed by atoms with E-state index in [1.807, 2.05) is 18.2 Å². The van der Waals surface area contributed by atoms with Crippen molar-refractivity contribution in [2.45, 2.75) is 6.42 Å². The third-order valence-corrected chi connectivity index (χ3v) is 5.07. The molecule has 4 heterocycles. The van der Waals surface area contributed by atoms with Crippen LogP contribution >= 0.6 is 22.7 Å². The molecule has 0 saturated heterocycles. The van der Waals surface area contributed by atoms with Crippen LogP contribution in [0.3, 0.4) is 0 Å². The van der Waals surface area contributed by atoms with Crippen LogP contribution in [0, 0.1) is 0 Å². The first kappa shape index (κ1) is 12.8. The molecule has 0 amide bonds. The molecule has 0 radical (unpaired) electrons. The Morgan fingerprint density at radius 1 is 1.24 bits per heavy atom. The summed E-state index contributed by atoms with van der Waals surface area (Å²) < 4.78 is 7.72. The normalized spacial score (nSPS) is 11.5. The minimum atomic E-state index is 0.597. The maximum atomic E-state index is 5.81. The lowest BCUT2D eigenvalue weighted by Gasteiger charge is -2.03. The second-order valence-corrected chi connectivity index (χ2v) is 6.42. The molecule has 0 aromatic carbocycles. The fraction of sp³-hybridized carbons (Fsp3) is 0.133. The van der Waals surface area contributed by atoms with Crippen LogP contribution in [-0.4, -0.2) is 15.9 Å². The Morgan fingerprint density at radius 2 is 2.19 bits per heavy atom. The van der Waals surface area contributed by atoms with Crippen molar-refractivity contribution in [2.75, 3.05) is 6.54 Å². The second kappa shape index (κ2) is 5.14. The Kier molecular flexibility index (Phi) is 3.14. The van der Waals surface area contributed by atoms with E-state index < -0.39 is 0 Å². The van der Waals surface area contributed by atoms with Crippen LogP contribution in [0.2, 0.25) is 0 Å². The molecule has 21 heavy (non-hydrogen) atoms. The van der Waals surface area contributed by atoms with Gasteiger partial charge < -0.3 is 10.2 Å². The van der Waals surface area contributed by atoms with E-state index in [4.69, 9.17) is 15.1 Å². The summed E-state index contributed by atoms with van der Waals surface area (Å²) in [5.41, 5.74) is 9.05. The number of thiophene rings is 1. The first-order valence-corrected chi connectivity index (χ1v) is 8.41. The number of hydrogen-bond acceptors (Lipinski definition) is 5. The van der Waals surface area contributed by atoms with Crippen LogP contribution in [0.5, 0.6) is 0 Å². The SMILES string of the molecule is NCCc1c(-c2cccs2)nc2scc(-c3ccco3)n12. The average molecular weight is 315 g/mol. The molecule has 2 N–H and O–H groups in total. The van der Waals surface area contributed by atoms with Gasteiger partial charge in [-0.15, -0.1) is 22.7 Å². The van der Waals surface area contributed by atoms with Crippen LogP contribution in [0.15, 0.2) is 45.7 Å². The zero-order valence-electron chi connectivity index (χ0n) is 11.2. The highest BCUT2D eigenvalue weighted by Crippen LogP contribution is 2.34. The third-order valence-electron chi connectivity index (χ3n) is 3.37. The lowest BCUT2D eigenvalue weighted by Crippen LogP contribution is -2.06. The van der Waals surface area contributed by atoms with Crippen molar-refractivity contribution in [3.63, 3.8) is 0 Å². The van der Waals surface area contributed by atoms with Crippen molar-refractivity contribution in [2.24, 2.45) is 5.73 Å². The molecule has 0 spiro atoms. The number of nitrogens with zero attached hydrogens (tertiary/aromatic N) is 2. The summed E-state index contributed by atoms with van der Waals surface area (Å²) in [7, 11) is 0. The number of imidazole rings is 1. The molecule has 0 fully saturated rings. The largest absolute Gasteiger partial charge is 0.463 e. The van der Waals surface area contributed by atoms with Crippen molar-refractivity contribution in [1.29, 1.82) is 0 Å². The van der Waals surface area contributed by atoms with Crippen LogP contribution in [0.25, 0.3) is 27.0 Å². The topological polar surface area (TPSA) is 56.5 Å². The monoisotopic (exact) mass is 315 g/mol. The van der Waals surface area contributed by atoms with Gasteiger partial charge in [-0.05, 0) is 30.1 Å². The molecule has 0 unspecified atom stereocenters. The zero-order chi connectivity index (χ0) is 14.2. The fourth-order valence-corrected chi connectivity index (χ4v) is 4.12. The van der Waals surface area contributed by atoms with E-state index in [0.29, 0.717) is 6.54 Å². The maximum Gasteiger partial charge on any atom is 0.195 e. The maximum absolute atomic E-state index is 5.81. The third kappa shape index (κ3) is 2.03. The summed E-state index contributed by atoms with van der Waals surface area (Å²) in [6.07, 6.45) is 2.48. The van der Waals surface area contributed by atoms with Gasteiger partial charge in [0.25, 0.3) is 0 Å². The highest BCUT2D eigenvalue weighted by molar-refractivity contribution is 7.15. The van der Waals surface area contributed by atoms with E-state index in [2.05, 4.69) is 21.2 Å². The smallest absolute Gasteiger partial charge is 0.195 e. The van der Waals surface area contributed by atoms with E-state index in [9.17, 15) is 0 Å². The Bertz CT molecular complexity index is 857. The van der Waals surface area contributed by atoms with Gasteiger partial charge in [-0.3, -0.25) is 4.40 Å². The lowest BCUT2D eigenvalue weighted by molar-refractivity contribution is 0.579. The first-order chi connectivity index (χ1) is 10.4. The zero-order valence-corrected chi connectivity index (χ0v) is 12.8. The number of hydrogen-bond donors (Lipinski definition) is 1. The van der Waals surface area contributed by atoms with Gasteiger partial charge in [-0.25, -0.2) is 4.98 Å². The van der Waals surface area contributed by atoms with Crippen molar-refractivity contribution < 1.29 is 4.42 Å². The Labute approximate surface area is 129 Å². The fourth-order valence-electron chi connectivity index (χ4n) is 2.49. The summed E-state index contributed by atoms with van der Waals surface area (Å²) in [4.78, 5) is 6.96. The van der Waals surface area contributed by atoms with E-state index >= 15 is 0 Å². The van der Waals surface area contributed by atoms with Crippen molar-refractivity contribution in [1.82, 2.24) is 9.38 Å². The molecule has 0 bridgehead atoms. The molecule has 4 aromatic heterocycles. The standard InChI is InChI=1S/C15H13N3OS2/c16-6-5-10-14(13-4-2-8-20-13)17-15-18(10)11(9-21-15)12-3-1-7-19-12/h1-4,7-9H,5-6,16H2. The van der Waals surface area contributed by atoms with E-state index in [1.165, 1.54) is 4.88 Å². The number of fused-ring (bicyclic) bond motifs is 1. The highest BCUT2D eigenvalue weighted by Gasteiger charge is 2.19. The predicted molar refractivity (Wildman–Crippen MR) is 86.8 cm³/mol.